The Hall–Kier alpha value is -1.68. The van der Waals surface area contributed by atoms with Crippen LogP contribution in [0.1, 0.15) is 32.3 Å². The molecule has 1 aromatic rings. The fraction of sp³-hybridized carbons (Fsp3) is 0.444. The number of hydrogen-bond acceptors (Lipinski definition) is 4. The van der Waals surface area contributed by atoms with Gasteiger partial charge in [-0.15, -0.1) is 0 Å². The van der Waals surface area contributed by atoms with E-state index >= 15 is 0 Å². The smallest absolute Gasteiger partial charge is 0.222 e. The van der Waals surface area contributed by atoms with Crippen LogP contribution in [0.5, 0.6) is 0 Å². The van der Waals surface area contributed by atoms with Crippen LogP contribution in [0.25, 0.3) is 0 Å². The number of hydrogen-bond donors (Lipinski definition) is 0. The lowest BCUT2D eigenvalue weighted by atomic mass is 9.98. The lowest BCUT2D eigenvalue weighted by Gasteiger charge is -2.29. The number of sulfone groups is 2. The SMILES string of the molecule is C=C(C)C(F)(F)S(=O)(=O)CC(c1ccccc1)C(C)S(=O)(=O)C(F)(F)C(=C)C. The highest BCUT2D eigenvalue weighted by Crippen LogP contribution is 2.40. The third-order valence-corrected chi connectivity index (χ3v) is 8.72. The van der Waals surface area contributed by atoms with Crippen molar-refractivity contribution in [3.05, 3.63) is 60.2 Å². The average molecular weight is 442 g/mol. The Kier molecular flexibility index (Phi) is 6.94. The van der Waals surface area contributed by atoms with E-state index in [1.54, 1.807) is 0 Å². The van der Waals surface area contributed by atoms with E-state index in [2.05, 4.69) is 13.2 Å². The summed E-state index contributed by atoms with van der Waals surface area (Å²) < 4.78 is 106. The second-order valence-electron chi connectivity index (χ2n) is 6.64. The van der Waals surface area contributed by atoms with Gasteiger partial charge in [0.1, 0.15) is 0 Å². The molecule has 0 saturated heterocycles. The monoisotopic (exact) mass is 442 g/mol. The number of rotatable bonds is 9. The van der Waals surface area contributed by atoms with Crippen molar-refractivity contribution in [3.8, 4) is 0 Å². The van der Waals surface area contributed by atoms with Crippen LogP contribution in [0, 0.1) is 0 Å². The van der Waals surface area contributed by atoms with Crippen molar-refractivity contribution in [1.82, 2.24) is 0 Å². The van der Waals surface area contributed by atoms with Crippen LogP contribution >= 0.6 is 0 Å². The molecule has 2 atom stereocenters. The van der Waals surface area contributed by atoms with E-state index in [-0.39, 0.29) is 5.56 Å². The van der Waals surface area contributed by atoms with Gasteiger partial charge in [0, 0.05) is 17.1 Å². The highest BCUT2D eigenvalue weighted by atomic mass is 32.2. The fourth-order valence-electron chi connectivity index (χ4n) is 2.50. The lowest BCUT2D eigenvalue weighted by molar-refractivity contribution is 0.131. The largest absolute Gasteiger partial charge is 0.366 e. The van der Waals surface area contributed by atoms with Gasteiger partial charge in [-0.05, 0) is 26.3 Å². The highest BCUT2D eigenvalue weighted by Gasteiger charge is 2.53. The molecule has 0 bridgehead atoms. The van der Waals surface area contributed by atoms with Gasteiger partial charge >= 0.3 is 10.5 Å². The summed E-state index contributed by atoms with van der Waals surface area (Å²) in [5.41, 5.74) is -1.89. The van der Waals surface area contributed by atoms with E-state index in [1.807, 2.05) is 0 Å². The predicted octanol–water partition coefficient (Wildman–Crippen LogP) is 4.33. The summed E-state index contributed by atoms with van der Waals surface area (Å²) in [6.45, 7) is 8.41. The molecule has 0 aliphatic carbocycles. The van der Waals surface area contributed by atoms with E-state index in [0.29, 0.717) is 0 Å². The minimum absolute atomic E-state index is 0.0252. The molecule has 0 spiro atoms. The lowest BCUT2D eigenvalue weighted by Crippen LogP contribution is -2.43. The van der Waals surface area contributed by atoms with Crippen molar-refractivity contribution in [3.63, 3.8) is 0 Å². The maximum absolute atomic E-state index is 14.2. The van der Waals surface area contributed by atoms with Crippen LogP contribution in [0.2, 0.25) is 0 Å². The zero-order valence-corrected chi connectivity index (χ0v) is 17.3. The Balaban J connectivity index is 3.57. The van der Waals surface area contributed by atoms with Gasteiger partial charge in [-0.3, -0.25) is 0 Å². The van der Waals surface area contributed by atoms with Gasteiger partial charge in [0.2, 0.25) is 19.7 Å². The summed E-state index contributed by atoms with van der Waals surface area (Å²) in [7, 11) is -10.5. The van der Waals surface area contributed by atoms with Gasteiger partial charge in [-0.2, -0.15) is 17.6 Å². The molecule has 0 amide bonds. The van der Waals surface area contributed by atoms with Crippen molar-refractivity contribution >= 4 is 19.7 Å². The van der Waals surface area contributed by atoms with Crippen LogP contribution in [0.4, 0.5) is 17.6 Å². The first-order chi connectivity index (χ1) is 12.5. The van der Waals surface area contributed by atoms with Crippen LogP contribution in [0.15, 0.2) is 54.6 Å². The molecule has 0 aromatic heterocycles. The first-order valence-corrected chi connectivity index (χ1v) is 11.3. The van der Waals surface area contributed by atoms with Gasteiger partial charge in [-0.25, -0.2) is 16.8 Å². The molecule has 0 aliphatic heterocycles. The summed E-state index contributed by atoms with van der Waals surface area (Å²) in [4.78, 5) is 0. The van der Waals surface area contributed by atoms with E-state index in [4.69, 9.17) is 0 Å². The van der Waals surface area contributed by atoms with Crippen molar-refractivity contribution in [2.45, 2.75) is 42.4 Å². The summed E-state index contributed by atoms with van der Waals surface area (Å²) in [5.74, 6) is -3.02. The summed E-state index contributed by atoms with van der Waals surface area (Å²) >= 11 is 0. The molecular formula is C18H22F4O4S2. The quantitative estimate of drug-likeness (QED) is 0.422. The molecule has 0 N–H and O–H groups in total. The van der Waals surface area contributed by atoms with Crippen LogP contribution in [-0.2, 0) is 19.7 Å². The summed E-state index contributed by atoms with van der Waals surface area (Å²) in [6.07, 6.45) is 0. The van der Waals surface area contributed by atoms with Crippen molar-refractivity contribution in [2.75, 3.05) is 5.75 Å². The standard InChI is InChI=1S/C18H22F4O4S2/c1-12(2)17(19,20)27(23,24)11-16(15-9-7-6-8-10-15)14(5)28(25,26)18(21,22)13(3)4/h6-10,14,16H,1,3,11H2,2,4-5H3. The topological polar surface area (TPSA) is 68.3 Å². The Morgan fingerprint density at radius 3 is 1.75 bits per heavy atom. The fourth-order valence-corrected chi connectivity index (χ4v) is 5.96. The molecule has 28 heavy (non-hydrogen) atoms. The zero-order valence-electron chi connectivity index (χ0n) is 15.6. The van der Waals surface area contributed by atoms with Crippen LogP contribution in [-0.4, -0.2) is 38.3 Å². The Labute approximate surface area is 162 Å². The summed E-state index contributed by atoms with van der Waals surface area (Å²) in [6, 6.07) is 6.96. The molecule has 158 valence electrons. The van der Waals surface area contributed by atoms with Gasteiger partial charge in [0.25, 0.3) is 0 Å². The highest BCUT2D eigenvalue weighted by molar-refractivity contribution is 7.94. The van der Waals surface area contributed by atoms with Crippen molar-refractivity contribution in [1.29, 1.82) is 0 Å². The Morgan fingerprint density at radius 1 is 0.929 bits per heavy atom. The molecule has 1 rings (SSSR count). The Morgan fingerprint density at radius 2 is 1.36 bits per heavy atom. The zero-order chi connectivity index (χ0) is 22.1. The van der Waals surface area contributed by atoms with Crippen molar-refractivity contribution < 1.29 is 34.4 Å². The average Bonchev–Trinajstić information content (AvgIpc) is 2.59. The molecule has 0 fully saturated rings. The minimum atomic E-state index is -5.29. The molecular weight excluding hydrogens is 420 g/mol. The van der Waals surface area contributed by atoms with Crippen molar-refractivity contribution in [2.24, 2.45) is 0 Å². The molecule has 4 nitrogen and oxygen atoms in total. The normalized spacial score (nSPS) is 15.7. The number of benzene rings is 1. The first-order valence-electron chi connectivity index (χ1n) is 8.08. The molecule has 0 saturated carbocycles. The van der Waals surface area contributed by atoms with Gasteiger partial charge < -0.3 is 0 Å². The Bertz CT molecular complexity index is 953. The molecule has 10 heteroatoms. The van der Waals surface area contributed by atoms with E-state index in [1.165, 1.54) is 30.3 Å². The van der Waals surface area contributed by atoms with E-state index < -0.39 is 58.3 Å². The molecule has 0 heterocycles. The maximum Gasteiger partial charge on any atom is 0.366 e. The van der Waals surface area contributed by atoms with E-state index in [0.717, 1.165) is 20.8 Å². The molecule has 1 aromatic carbocycles. The minimum Gasteiger partial charge on any atom is -0.222 e. The second-order valence-corrected chi connectivity index (χ2v) is 11.1. The van der Waals surface area contributed by atoms with Gasteiger partial charge in [-0.1, -0.05) is 43.5 Å². The maximum atomic E-state index is 14.2. The number of halogens is 4. The molecule has 0 aliphatic rings. The van der Waals surface area contributed by atoms with Gasteiger partial charge in [0.15, 0.2) is 0 Å². The predicted molar refractivity (Wildman–Crippen MR) is 101 cm³/mol. The van der Waals surface area contributed by atoms with Gasteiger partial charge in [0.05, 0.1) is 11.0 Å². The first kappa shape index (κ1) is 24.4. The van der Waals surface area contributed by atoms with E-state index in [9.17, 15) is 34.4 Å². The summed E-state index contributed by atoms with van der Waals surface area (Å²) in [5, 5.41) is -10.7. The second kappa shape index (κ2) is 7.98. The molecule has 0 radical (unpaired) electrons. The molecule has 2 unspecified atom stereocenters. The third kappa shape index (κ3) is 4.32. The van der Waals surface area contributed by atoms with Crippen LogP contribution in [0.3, 0.4) is 0 Å². The number of alkyl halides is 4. The third-order valence-electron chi connectivity index (χ3n) is 4.42. The van der Waals surface area contributed by atoms with Crippen LogP contribution < -0.4 is 0 Å².